The molecule has 0 unspecified atom stereocenters. The molecule has 0 amide bonds. The summed E-state index contributed by atoms with van der Waals surface area (Å²) in [5.41, 5.74) is 4.11. The van der Waals surface area contributed by atoms with Crippen LogP contribution in [0.25, 0.3) is 0 Å². The van der Waals surface area contributed by atoms with Crippen LogP contribution in [0.4, 0.5) is 0 Å². The number of ether oxygens (including phenoxy) is 1. The van der Waals surface area contributed by atoms with Gasteiger partial charge in [-0.2, -0.15) is 0 Å². The van der Waals surface area contributed by atoms with E-state index in [4.69, 9.17) is 4.74 Å². The number of hydrogen-bond acceptors (Lipinski definition) is 2. The molecular formula is C13H21NO. The fraction of sp³-hybridized carbons (Fsp3) is 0.538. The summed E-state index contributed by atoms with van der Waals surface area (Å²) in [7, 11) is 1.73. The molecule has 1 aromatic rings. The number of nitrogens with one attached hydrogen (secondary N) is 1. The van der Waals surface area contributed by atoms with Gasteiger partial charge in [-0.25, -0.2) is 0 Å². The van der Waals surface area contributed by atoms with Crippen LogP contribution in [0.3, 0.4) is 0 Å². The molecule has 0 fully saturated rings. The predicted molar refractivity (Wildman–Crippen MR) is 64.1 cm³/mol. The molecule has 15 heavy (non-hydrogen) atoms. The largest absolute Gasteiger partial charge is 0.383 e. The Morgan fingerprint density at radius 2 is 2.07 bits per heavy atom. The molecule has 0 aliphatic carbocycles. The van der Waals surface area contributed by atoms with Gasteiger partial charge in [-0.15, -0.1) is 0 Å². The van der Waals surface area contributed by atoms with Crippen molar-refractivity contribution >= 4 is 0 Å². The minimum Gasteiger partial charge on any atom is -0.383 e. The first kappa shape index (κ1) is 12.2. The zero-order valence-corrected chi connectivity index (χ0v) is 10.1. The summed E-state index contributed by atoms with van der Waals surface area (Å²) in [5, 5.41) is 3.44. The Kier molecular flexibility index (Phi) is 4.79. The number of aryl methyl sites for hydroxylation is 1. The molecule has 0 aromatic heterocycles. The molecule has 0 aliphatic rings. The molecular weight excluding hydrogens is 186 g/mol. The molecule has 1 rings (SSSR count). The van der Waals surface area contributed by atoms with Crippen LogP contribution in [0.1, 0.15) is 23.6 Å². The van der Waals surface area contributed by atoms with Crippen molar-refractivity contribution in [3.63, 3.8) is 0 Å². The van der Waals surface area contributed by atoms with E-state index in [9.17, 15) is 0 Å². The second-order valence-electron chi connectivity index (χ2n) is 4.10. The summed E-state index contributed by atoms with van der Waals surface area (Å²) >= 11 is 0. The van der Waals surface area contributed by atoms with Crippen LogP contribution in [-0.4, -0.2) is 19.8 Å². The molecule has 0 radical (unpaired) electrons. The van der Waals surface area contributed by atoms with Crippen LogP contribution in [0, 0.1) is 13.8 Å². The van der Waals surface area contributed by atoms with Crippen LogP contribution in [0.2, 0.25) is 0 Å². The quantitative estimate of drug-likeness (QED) is 0.800. The lowest BCUT2D eigenvalue weighted by molar-refractivity contribution is 0.171. The Balaban J connectivity index is 2.54. The van der Waals surface area contributed by atoms with E-state index in [2.05, 4.69) is 44.3 Å². The maximum Gasteiger partial charge on any atom is 0.0613 e. The lowest BCUT2D eigenvalue weighted by Gasteiger charge is -2.14. The molecule has 0 aliphatic heterocycles. The van der Waals surface area contributed by atoms with E-state index in [1.807, 2.05) is 0 Å². The highest BCUT2D eigenvalue weighted by Crippen LogP contribution is 2.12. The average Bonchev–Trinajstić information content (AvgIpc) is 2.21. The third-order valence-electron chi connectivity index (χ3n) is 2.77. The first-order chi connectivity index (χ1) is 7.15. The van der Waals surface area contributed by atoms with E-state index in [1.165, 1.54) is 16.7 Å². The van der Waals surface area contributed by atoms with Crippen LogP contribution in [-0.2, 0) is 11.3 Å². The molecule has 84 valence electrons. The minimum absolute atomic E-state index is 0.398. The van der Waals surface area contributed by atoms with Gasteiger partial charge in [-0.1, -0.05) is 18.2 Å². The topological polar surface area (TPSA) is 21.3 Å². The van der Waals surface area contributed by atoms with E-state index in [-0.39, 0.29) is 0 Å². The number of hydrogen-bond donors (Lipinski definition) is 1. The molecule has 2 heteroatoms. The second-order valence-corrected chi connectivity index (χ2v) is 4.10. The Morgan fingerprint density at radius 1 is 1.33 bits per heavy atom. The van der Waals surface area contributed by atoms with Crippen LogP contribution < -0.4 is 5.32 Å². The lowest BCUT2D eigenvalue weighted by Crippen LogP contribution is -2.29. The lowest BCUT2D eigenvalue weighted by atomic mass is 10.0. The Bertz CT molecular complexity index is 309. The van der Waals surface area contributed by atoms with E-state index >= 15 is 0 Å². The second kappa shape index (κ2) is 5.89. The highest BCUT2D eigenvalue weighted by Gasteiger charge is 2.03. The fourth-order valence-corrected chi connectivity index (χ4v) is 1.60. The highest BCUT2D eigenvalue weighted by atomic mass is 16.5. The van der Waals surface area contributed by atoms with Crippen molar-refractivity contribution in [1.82, 2.24) is 5.32 Å². The molecule has 1 N–H and O–H groups in total. The van der Waals surface area contributed by atoms with Crippen LogP contribution >= 0.6 is 0 Å². The predicted octanol–water partition coefficient (Wildman–Crippen LogP) is 2.43. The van der Waals surface area contributed by atoms with Crippen molar-refractivity contribution in [3.05, 3.63) is 34.9 Å². The number of rotatable bonds is 5. The SMILES string of the molecule is COC[C@H](C)NCc1cccc(C)c1C. The molecule has 0 saturated carbocycles. The third kappa shape index (κ3) is 3.65. The number of benzene rings is 1. The molecule has 2 nitrogen and oxygen atoms in total. The zero-order valence-electron chi connectivity index (χ0n) is 10.1. The van der Waals surface area contributed by atoms with Crippen molar-refractivity contribution in [2.24, 2.45) is 0 Å². The van der Waals surface area contributed by atoms with Crippen molar-refractivity contribution in [2.75, 3.05) is 13.7 Å². The van der Waals surface area contributed by atoms with Gasteiger partial charge in [0.05, 0.1) is 6.61 Å². The first-order valence-corrected chi connectivity index (χ1v) is 5.42. The van der Waals surface area contributed by atoms with E-state index in [0.29, 0.717) is 6.04 Å². The number of methoxy groups -OCH3 is 1. The van der Waals surface area contributed by atoms with Gasteiger partial charge >= 0.3 is 0 Å². The third-order valence-corrected chi connectivity index (χ3v) is 2.77. The minimum atomic E-state index is 0.398. The fourth-order valence-electron chi connectivity index (χ4n) is 1.60. The molecule has 1 aromatic carbocycles. The van der Waals surface area contributed by atoms with Gasteiger partial charge in [0, 0.05) is 19.7 Å². The standard InChI is InChI=1S/C13H21NO/c1-10-6-5-7-13(12(10)3)8-14-11(2)9-15-4/h5-7,11,14H,8-9H2,1-4H3/t11-/m0/s1. The van der Waals surface area contributed by atoms with Gasteiger partial charge in [-0.3, -0.25) is 0 Å². The van der Waals surface area contributed by atoms with Gasteiger partial charge in [0.2, 0.25) is 0 Å². The van der Waals surface area contributed by atoms with Gasteiger partial charge < -0.3 is 10.1 Å². The molecule has 1 atom stereocenters. The van der Waals surface area contributed by atoms with E-state index in [1.54, 1.807) is 7.11 Å². The monoisotopic (exact) mass is 207 g/mol. The molecule has 0 heterocycles. The summed E-state index contributed by atoms with van der Waals surface area (Å²) in [6.45, 7) is 8.13. The molecule has 0 saturated heterocycles. The van der Waals surface area contributed by atoms with Gasteiger partial charge in [0.25, 0.3) is 0 Å². The summed E-state index contributed by atoms with van der Waals surface area (Å²) in [6, 6.07) is 6.84. The Morgan fingerprint density at radius 3 is 2.73 bits per heavy atom. The summed E-state index contributed by atoms with van der Waals surface area (Å²) in [6.07, 6.45) is 0. The van der Waals surface area contributed by atoms with Crippen LogP contribution in [0.15, 0.2) is 18.2 Å². The molecule has 0 spiro atoms. The van der Waals surface area contributed by atoms with Gasteiger partial charge in [0.1, 0.15) is 0 Å². The maximum atomic E-state index is 5.08. The van der Waals surface area contributed by atoms with Crippen molar-refractivity contribution in [3.8, 4) is 0 Å². The Labute approximate surface area is 92.6 Å². The first-order valence-electron chi connectivity index (χ1n) is 5.42. The maximum absolute atomic E-state index is 5.08. The van der Waals surface area contributed by atoms with Crippen molar-refractivity contribution < 1.29 is 4.74 Å². The Hall–Kier alpha value is -0.860. The van der Waals surface area contributed by atoms with Crippen LogP contribution in [0.5, 0.6) is 0 Å². The summed E-state index contributed by atoms with van der Waals surface area (Å²) in [4.78, 5) is 0. The van der Waals surface area contributed by atoms with Gasteiger partial charge in [-0.05, 0) is 37.5 Å². The highest BCUT2D eigenvalue weighted by molar-refractivity contribution is 5.32. The van der Waals surface area contributed by atoms with Crippen molar-refractivity contribution in [1.29, 1.82) is 0 Å². The zero-order chi connectivity index (χ0) is 11.3. The van der Waals surface area contributed by atoms with E-state index < -0.39 is 0 Å². The molecule has 0 bridgehead atoms. The smallest absolute Gasteiger partial charge is 0.0613 e. The average molecular weight is 207 g/mol. The summed E-state index contributed by atoms with van der Waals surface area (Å²) in [5.74, 6) is 0. The van der Waals surface area contributed by atoms with Gasteiger partial charge in [0.15, 0.2) is 0 Å². The van der Waals surface area contributed by atoms with Crippen molar-refractivity contribution in [2.45, 2.75) is 33.4 Å². The van der Waals surface area contributed by atoms with E-state index in [0.717, 1.165) is 13.2 Å². The normalized spacial score (nSPS) is 12.8. The summed E-state index contributed by atoms with van der Waals surface area (Å²) < 4.78 is 5.08.